The zero-order valence-electron chi connectivity index (χ0n) is 12.0. The molecule has 22 heavy (non-hydrogen) atoms. The lowest BCUT2D eigenvalue weighted by molar-refractivity contribution is -0.137. The van der Waals surface area contributed by atoms with Gasteiger partial charge in [-0.1, -0.05) is 0 Å². The normalized spacial score (nSPS) is 20.5. The number of rotatable bonds is 4. The molecule has 2 rings (SSSR count). The van der Waals surface area contributed by atoms with Gasteiger partial charge in [0.05, 0.1) is 12.1 Å². The standard InChI is InChI=1S/C12H16F3N3O3S/c1-17(2)22(19,20)18-6-4-10(8-18)21-11-7-9(3-5-16-11)12(13,14)15/h3,5,7,10H,4,6,8H2,1-2H3/t10-/m0/s1. The molecule has 10 heteroatoms. The second-order valence-electron chi connectivity index (χ2n) is 5.06. The van der Waals surface area contributed by atoms with Gasteiger partial charge >= 0.3 is 6.18 Å². The Kier molecular flexibility index (Phi) is 4.64. The molecule has 0 aromatic carbocycles. The average Bonchev–Trinajstić information content (AvgIpc) is 2.87. The first-order valence-electron chi connectivity index (χ1n) is 6.48. The maximum atomic E-state index is 12.6. The van der Waals surface area contributed by atoms with Crippen molar-refractivity contribution in [3.05, 3.63) is 23.9 Å². The van der Waals surface area contributed by atoms with Crippen molar-refractivity contribution in [2.75, 3.05) is 27.2 Å². The SMILES string of the molecule is CN(C)S(=O)(=O)N1CC[C@H](Oc2cc(C(F)(F)F)ccn2)C1. The molecular weight excluding hydrogens is 323 g/mol. The van der Waals surface area contributed by atoms with E-state index in [2.05, 4.69) is 4.98 Å². The van der Waals surface area contributed by atoms with Crippen LogP contribution >= 0.6 is 0 Å². The smallest absolute Gasteiger partial charge is 0.416 e. The molecule has 0 radical (unpaired) electrons. The van der Waals surface area contributed by atoms with Gasteiger partial charge in [-0.3, -0.25) is 0 Å². The van der Waals surface area contributed by atoms with E-state index >= 15 is 0 Å². The van der Waals surface area contributed by atoms with Crippen LogP contribution in [0.25, 0.3) is 0 Å². The molecule has 6 nitrogen and oxygen atoms in total. The van der Waals surface area contributed by atoms with Crippen molar-refractivity contribution in [3.8, 4) is 5.88 Å². The fraction of sp³-hybridized carbons (Fsp3) is 0.583. The second-order valence-corrected chi connectivity index (χ2v) is 7.20. The predicted octanol–water partition coefficient (Wildman–Crippen LogP) is 1.36. The van der Waals surface area contributed by atoms with Gasteiger partial charge < -0.3 is 4.74 Å². The molecule has 1 aromatic heterocycles. The monoisotopic (exact) mass is 339 g/mol. The molecule has 0 aliphatic carbocycles. The summed E-state index contributed by atoms with van der Waals surface area (Å²) in [6.45, 7) is 0.336. The Morgan fingerprint density at radius 1 is 1.41 bits per heavy atom. The van der Waals surface area contributed by atoms with Crippen LogP contribution in [0.5, 0.6) is 5.88 Å². The number of hydrogen-bond donors (Lipinski definition) is 0. The van der Waals surface area contributed by atoms with E-state index in [-0.39, 0.29) is 19.0 Å². The first-order chi connectivity index (χ1) is 10.1. The average molecular weight is 339 g/mol. The molecule has 2 heterocycles. The summed E-state index contributed by atoms with van der Waals surface area (Å²) in [5.41, 5.74) is -0.853. The number of nitrogens with zero attached hydrogens (tertiary/aromatic N) is 3. The van der Waals surface area contributed by atoms with E-state index in [0.29, 0.717) is 6.42 Å². The van der Waals surface area contributed by atoms with Crippen molar-refractivity contribution >= 4 is 10.2 Å². The number of aromatic nitrogens is 1. The second kappa shape index (κ2) is 6.01. The van der Waals surface area contributed by atoms with E-state index in [0.717, 1.165) is 22.6 Å². The minimum absolute atomic E-state index is 0.0818. The molecule has 1 fully saturated rings. The molecule has 0 saturated carbocycles. The lowest BCUT2D eigenvalue weighted by Crippen LogP contribution is -2.39. The third-order valence-corrected chi connectivity index (χ3v) is 5.15. The fourth-order valence-electron chi connectivity index (χ4n) is 2.06. The summed E-state index contributed by atoms with van der Waals surface area (Å²) in [5.74, 6) is -0.163. The number of ether oxygens (including phenoxy) is 1. The summed E-state index contributed by atoms with van der Waals surface area (Å²) in [7, 11) is -0.718. The summed E-state index contributed by atoms with van der Waals surface area (Å²) >= 11 is 0. The van der Waals surface area contributed by atoms with E-state index < -0.39 is 28.1 Å². The Morgan fingerprint density at radius 3 is 2.68 bits per heavy atom. The van der Waals surface area contributed by atoms with E-state index in [1.807, 2.05) is 0 Å². The van der Waals surface area contributed by atoms with Gasteiger partial charge in [-0.25, -0.2) is 4.98 Å². The van der Waals surface area contributed by atoms with Crippen molar-refractivity contribution < 1.29 is 26.3 Å². The quantitative estimate of drug-likeness (QED) is 0.831. The molecule has 124 valence electrons. The minimum atomic E-state index is -4.48. The predicted molar refractivity (Wildman–Crippen MR) is 72.5 cm³/mol. The zero-order chi connectivity index (χ0) is 16.5. The Morgan fingerprint density at radius 2 is 2.09 bits per heavy atom. The molecule has 0 bridgehead atoms. The molecule has 0 N–H and O–H groups in total. The van der Waals surface area contributed by atoms with E-state index in [1.54, 1.807) is 0 Å². The maximum Gasteiger partial charge on any atom is 0.416 e. The van der Waals surface area contributed by atoms with Crippen LogP contribution in [0.4, 0.5) is 13.2 Å². The van der Waals surface area contributed by atoms with Crippen LogP contribution < -0.4 is 4.74 Å². The molecule has 1 atom stereocenters. The third-order valence-electron chi connectivity index (χ3n) is 3.25. The van der Waals surface area contributed by atoms with Crippen LogP contribution in [0.3, 0.4) is 0 Å². The highest BCUT2D eigenvalue weighted by Crippen LogP contribution is 2.31. The van der Waals surface area contributed by atoms with Crippen LogP contribution in [0.2, 0.25) is 0 Å². The summed E-state index contributed by atoms with van der Waals surface area (Å²) < 4.78 is 69.4. The molecule has 0 amide bonds. The number of halogens is 3. The number of hydrogen-bond acceptors (Lipinski definition) is 4. The molecule has 1 saturated heterocycles. The van der Waals surface area contributed by atoms with Crippen LogP contribution in [0.1, 0.15) is 12.0 Å². The Balaban J connectivity index is 2.05. The van der Waals surface area contributed by atoms with Crippen molar-refractivity contribution in [2.45, 2.75) is 18.7 Å². The lowest BCUT2D eigenvalue weighted by atomic mass is 10.2. The molecule has 0 spiro atoms. The van der Waals surface area contributed by atoms with E-state index in [1.165, 1.54) is 18.4 Å². The van der Waals surface area contributed by atoms with Crippen molar-refractivity contribution in [3.63, 3.8) is 0 Å². The first-order valence-corrected chi connectivity index (χ1v) is 7.88. The largest absolute Gasteiger partial charge is 0.473 e. The van der Waals surface area contributed by atoms with Crippen molar-refractivity contribution in [1.82, 2.24) is 13.6 Å². The minimum Gasteiger partial charge on any atom is -0.473 e. The first kappa shape index (κ1) is 17.0. The van der Waals surface area contributed by atoms with Gasteiger partial charge in [-0.2, -0.15) is 30.2 Å². The number of alkyl halides is 3. The van der Waals surface area contributed by atoms with Crippen LogP contribution in [0.15, 0.2) is 18.3 Å². The molecular formula is C12H16F3N3O3S. The van der Waals surface area contributed by atoms with E-state index in [9.17, 15) is 21.6 Å². The molecule has 0 unspecified atom stereocenters. The Labute approximate surface area is 126 Å². The van der Waals surface area contributed by atoms with Gasteiger partial charge in [0, 0.05) is 32.9 Å². The highest BCUT2D eigenvalue weighted by molar-refractivity contribution is 7.86. The Bertz CT molecular complexity index is 634. The van der Waals surface area contributed by atoms with Gasteiger partial charge in [0.2, 0.25) is 5.88 Å². The van der Waals surface area contributed by atoms with Gasteiger partial charge in [0.1, 0.15) is 6.10 Å². The third kappa shape index (κ3) is 3.68. The summed E-state index contributed by atoms with van der Waals surface area (Å²) in [4.78, 5) is 3.74. The summed E-state index contributed by atoms with van der Waals surface area (Å²) in [5, 5.41) is 0. The van der Waals surface area contributed by atoms with E-state index in [4.69, 9.17) is 4.74 Å². The fourth-order valence-corrected chi connectivity index (χ4v) is 3.21. The van der Waals surface area contributed by atoms with Crippen LogP contribution in [-0.4, -0.2) is 55.3 Å². The van der Waals surface area contributed by atoms with Crippen molar-refractivity contribution in [1.29, 1.82) is 0 Å². The highest BCUT2D eigenvalue weighted by atomic mass is 32.2. The van der Waals surface area contributed by atoms with Crippen LogP contribution in [-0.2, 0) is 16.4 Å². The van der Waals surface area contributed by atoms with Crippen molar-refractivity contribution in [2.24, 2.45) is 0 Å². The molecule has 1 aliphatic rings. The van der Waals surface area contributed by atoms with Gasteiger partial charge in [0.15, 0.2) is 0 Å². The maximum absolute atomic E-state index is 12.6. The highest BCUT2D eigenvalue weighted by Gasteiger charge is 2.35. The Hall–Kier alpha value is -1.39. The summed E-state index contributed by atoms with van der Waals surface area (Å²) in [6.07, 6.45) is -3.59. The topological polar surface area (TPSA) is 62.7 Å². The number of pyridine rings is 1. The van der Waals surface area contributed by atoms with Gasteiger partial charge in [0.25, 0.3) is 10.2 Å². The van der Waals surface area contributed by atoms with Gasteiger partial charge in [-0.15, -0.1) is 0 Å². The van der Waals surface area contributed by atoms with Crippen LogP contribution in [0, 0.1) is 0 Å². The van der Waals surface area contributed by atoms with Gasteiger partial charge in [-0.05, 0) is 12.5 Å². The molecule has 1 aromatic rings. The zero-order valence-corrected chi connectivity index (χ0v) is 12.9. The lowest BCUT2D eigenvalue weighted by Gasteiger charge is -2.20. The summed E-state index contributed by atoms with van der Waals surface area (Å²) in [6, 6.07) is 1.66. The molecule has 1 aliphatic heterocycles.